The molecule has 0 aliphatic carbocycles. The van der Waals surface area contributed by atoms with Gasteiger partial charge >= 0.3 is 5.97 Å². The summed E-state index contributed by atoms with van der Waals surface area (Å²) in [7, 11) is 0. The molecule has 0 rings (SSSR count). The van der Waals surface area contributed by atoms with Crippen molar-refractivity contribution in [2.24, 2.45) is 5.41 Å². The number of allylic oxidation sites excluding steroid dienone is 1. The van der Waals surface area contributed by atoms with Crippen molar-refractivity contribution in [2.75, 3.05) is 0 Å². The van der Waals surface area contributed by atoms with Gasteiger partial charge in [0.1, 0.15) is 6.04 Å². The molecule has 0 aliphatic rings. The van der Waals surface area contributed by atoms with Crippen LogP contribution >= 0.6 is 0 Å². The molecule has 16 heavy (non-hydrogen) atoms. The molecule has 4 nitrogen and oxygen atoms in total. The van der Waals surface area contributed by atoms with E-state index < -0.39 is 17.4 Å². The Hall–Kier alpha value is -1.32. The molecular formula is C12H21NO3. The van der Waals surface area contributed by atoms with E-state index in [2.05, 4.69) is 11.9 Å². The van der Waals surface area contributed by atoms with Crippen LogP contribution in [0.2, 0.25) is 0 Å². The molecule has 0 fully saturated rings. The number of carbonyl (C=O) groups is 2. The predicted octanol–water partition coefficient (Wildman–Crippen LogP) is 1.96. The number of aliphatic carboxylic acids is 1. The van der Waals surface area contributed by atoms with E-state index in [4.69, 9.17) is 5.11 Å². The van der Waals surface area contributed by atoms with Crippen LogP contribution in [0.15, 0.2) is 12.7 Å². The maximum absolute atomic E-state index is 11.8. The zero-order chi connectivity index (χ0) is 12.8. The number of carboxylic acid groups (broad SMARTS) is 1. The number of hydrogen-bond acceptors (Lipinski definition) is 2. The lowest BCUT2D eigenvalue weighted by atomic mass is 9.89. The molecule has 0 spiro atoms. The third-order valence-corrected chi connectivity index (χ3v) is 2.76. The number of rotatable bonds is 7. The van der Waals surface area contributed by atoms with Crippen LogP contribution in [0.1, 0.15) is 40.0 Å². The van der Waals surface area contributed by atoms with Crippen LogP contribution in [-0.2, 0) is 9.59 Å². The molecule has 0 heterocycles. The molecule has 1 atom stereocenters. The second-order valence-corrected chi connectivity index (χ2v) is 4.47. The lowest BCUT2D eigenvalue weighted by molar-refractivity contribution is -0.143. The first kappa shape index (κ1) is 14.7. The molecule has 0 aromatic rings. The highest BCUT2D eigenvalue weighted by molar-refractivity contribution is 5.86. The summed E-state index contributed by atoms with van der Waals surface area (Å²) in [5.74, 6) is -1.21. The standard InChI is InChI=1S/C12H21NO3/c1-5-7-8-9(10(14)15)13-11(16)12(3,4)6-2/h5,9H,1,6-8H2,2-4H3,(H,13,16)(H,14,15). The van der Waals surface area contributed by atoms with E-state index in [0.29, 0.717) is 19.3 Å². The summed E-state index contributed by atoms with van der Waals surface area (Å²) in [5, 5.41) is 11.5. The topological polar surface area (TPSA) is 66.4 Å². The van der Waals surface area contributed by atoms with Crippen LogP contribution in [0.5, 0.6) is 0 Å². The maximum Gasteiger partial charge on any atom is 0.326 e. The second kappa shape index (κ2) is 6.30. The number of amides is 1. The second-order valence-electron chi connectivity index (χ2n) is 4.47. The number of hydrogen-bond donors (Lipinski definition) is 2. The summed E-state index contributed by atoms with van der Waals surface area (Å²) in [6.07, 6.45) is 3.27. The van der Waals surface area contributed by atoms with Gasteiger partial charge in [0.15, 0.2) is 0 Å². The van der Waals surface area contributed by atoms with Crippen LogP contribution < -0.4 is 5.32 Å². The van der Waals surface area contributed by atoms with Crippen LogP contribution in [0.25, 0.3) is 0 Å². The molecule has 1 unspecified atom stereocenters. The molecular weight excluding hydrogens is 206 g/mol. The van der Waals surface area contributed by atoms with Crippen molar-refractivity contribution in [2.45, 2.75) is 46.1 Å². The zero-order valence-electron chi connectivity index (χ0n) is 10.2. The smallest absolute Gasteiger partial charge is 0.326 e. The summed E-state index contributed by atoms with van der Waals surface area (Å²) in [4.78, 5) is 22.7. The first-order chi connectivity index (χ1) is 7.35. The summed E-state index contributed by atoms with van der Waals surface area (Å²) in [6, 6.07) is -0.823. The summed E-state index contributed by atoms with van der Waals surface area (Å²) in [6.45, 7) is 9.03. The van der Waals surface area contributed by atoms with Crippen molar-refractivity contribution in [3.05, 3.63) is 12.7 Å². The van der Waals surface area contributed by atoms with Gasteiger partial charge in [0.2, 0.25) is 5.91 Å². The van der Waals surface area contributed by atoms with Crippen LogP contribution in [0, 0.1) is 5.41 Å². The van der Waals surface area contributed by atoms with Gasteiger partial charge in [0.05, 0.1) is 0 Å². The van der Waals surface area contributed by atoms with Crippen LogP contribution in [0.3, 0.4) is 0 Å². The Morgan fingerprint density at radius 1 is 1.50 bits per heavy atom. The van der Waals surface area contributed by atoms with Crippen molar-refractivity contribution in [1.29, 1.82) is 0 Å². The number of carbonyl (C=O) groups excluding carboxylic acids is 1. The Morgan fingerprint density at radius 2 is 2.06 bits per heavy atom. The van der Waals surface area contributed by atoms with Gasteiger partial charge in [-0.15, -0.1) is 6.58 Å². The minimum Gasteiger partial charge on any atom is -0.480 e. The fraction of sp³-hybridized carbons (Fsp3) is 0.667. The molecule has 0 radical (unpaired) electrons. The quantitative estimate of drug-likeness (QED) is 0.653. The van der Waals surface area contributed by atoms with Crippen molar-refractivity contribution < 1.29 is 14.7 Å². The van der Waals surface area contributed by atoms with E-state index in [0.717, 1.165) is 0 Å². The van der Waals surface area contributed by atoms with Gasteiger partial charge in [0, 0.05) is 5.41 Å². The minimum absolute atomic E-state index is 0.216. The summed E-state index contributed by atoms with van der Waals surface area (Å²) >= 11 is 0. The average molecular weight is 227 g/mol. The van der Waals surface area contributed by atoms with Crippen molar-refractivity contribution >= 4 is 11.9 Å². The van der Waals surface area contributed by atoms with E-state index in [1.165, 1.54) is 0 Å². The lowest BCUT2D eigenvalue weighted by Gasteiger charge is -2.24. The molecule has 0 aromatic carbocycles. The first-order valence-corrected chi connectivity index (χ1v) is 5.49. The SMILES string of the molecule is C=CCCC(NC(=O)C(C)(C)CC)C(=O)O. The molecule has 0 aliphatic heterocycles. The highest BCUT2D eigenvalue weighted by Gasteiger charge is 2.29. The van der Waals surface area contributed by atoms with Gasteiger partial charge in [-0.3, -0.25) is 4.79 Å². The minimum atomic E-state index is -0.998. The largest absolute Gasteiger partial charge is 0.480 e. The van der Waals surface area contributed by atoms with E-state index in [1.807, 2.05) is 6.92 Å². The van der Waals surface area contributed by atoms with Gasteiger partial charge in [-0.05, 0) is 19.3 Å². The van der Waals surface area contributed by atoms with E-state index in [9.17, 15) is 9.59 Å². The Kier molecular flexibility index (Phi) is 5.78. The Bertz CT molecular complexity index is 271. The Balaban J connectivity index is 4.45. The fourth-order valence-electron chi connectivity index (χ4n) is 1.06. The fourth-order valence-corrected chi connectivity index (χ4v) is 1.06. The van der Waals surface area contributed by atoms with Crippen LogP contribution in [-0.4, -0.2) is 23.0 Å². The average Bonchev–Trinajstić information content (AvgIpc) is 2.23. The number of carboxylic acids is 1. The van der Waals surface area contributed by atoms with Gasteiger partial charge in [-0.1, -0.05) is 26.8 Å². The predicted molar refractivity (Wildman–Crippen MR) is 63.1 cm³/mol. The molecule has 0 aromatic heterocycles. The van der Waals surface area contributed by atoms with Crippen molar-refractivity contribution in [3.8, 4) is 0 Å². The van der Waals surface area contributed by atoms with Gasteiger partial charge in [-0.25, -0.2) is 4.79 Å². The van der Waals surface area contributed by atoms with E-state index in [1.54, 1.807) is 19.9 Å². The van der Waals surface area contributed by atoms with E-state index >= 15 is 0 Å². The highest BCUT2D eigenvalue weighted by atomic mass is 16.4. The van der Waals surface area contributed by atoms with Gasteiger partial charge in [0.25, 0.3) is 0 Å². The van der Waals surface area contributed by atoms with Crippen molar-refractivity contribution in [3.63, 3.8) is 0 Å². The van der Waals surface area contributed by atoms with Gasteiger partial charge < -0.3 is 10.4 Å². The van der Waals surface area contributed by atoms with Crippen LogP contribution in [0.4, 0.5) is 0 Å². The lowest BCUT2D eigenvalue weighted by Crippen LogP contribution is -2.46. The molecule has 0 saturated carbocycles. The first-order valence-electron chi connectivity index (χ1n) is 5.49. The van der Waals surface area contributed by atoms with Gasteiger partial charge in [-0.2, -0.15) is 0 Å². The normalized spacial score (nSPS) is 12.9. The molecule has 1 amide bonds. The van der Waals surface area contributed by atoms with Crippen molar-refractivity contribution in [1.82, 2.24) is 5.32 Å². The summed E-state index contributed by atoms with van der Waals surface area (Å²) in [5.41, 5.74) is -0.526. The Morgan fingerprint density at radius 3 is 2.44 bits per heavy atom. The maximum atomic E-state index is 11.8. The molecule has 92 valence electrons. The van der Waals surface area contributed by atoms with E-state index in [-0.39, 0.29) is 5.91 Å². The molecule has 0 saturated heterocycles. The number of nitrogens with one attached hydrogen (secondary N) is 1. The highest BCUT2D eigenvalue weighted by Crippen LogP contribution is 2.20. The Labute approximate surface area is 96.7 Å². The molecule has 4 heteroatoms. The zero-order valence-corrected chi connectivity index (χ0v) is 10.2. The third-order valence-electron chi connectivity index (χ3n) is 2.76. The monoisotopic (exact) mass is 227 g/mol. The molecule has 0 bridgehead atoms. The third kappa shape index (κ3) is 4.47. The summed E-state index contributed by atoms with van der Waals surface area (Å²) < 4.78 is 0. The molecule has 2 N–H and O–H groups in total.